The zero-order valence-corrected chi connectivity index (χ0v) is 13.2. The summed E-state index contributed by atoms with van der Waals surface area (Å²) >= 11 is 0. The van der Waals surface area contributed by atoms with Crippen molar-refractivity contribution in [2.45, 2.75) is 19.4 Å². The molecule has 2 aromatic carbocycles. The van der Waals surface area contributed by atoms with Gasteiger partial charge in [0.15, 0.2) is 6.23 Å². The number of amides is 1. The van der Waals surface area contributed by atoms with Crippen LogP contribution in [0.25, 0.3) is 0 Å². The SMILES string of the molecule is CC(O[N+](=O)[O-])N1C(=O)c2ccccc2C1OC(=O)c1ccccc1. The van der Waals surface area contributed by atoms with Crippen LogP contribution in [-0.2, 0) is 9.57 Å². The molecule has 0 bridgehead atoms. The second kappa shape index (κ2) is 6.60. The van der Waals surface area contributed by atoms with Gasteiger partial charge in [-0.2, -0.15) is 0 Å². The molecule has 0 saturated carbocycles. The van der Waals surface area contributed by atoms with Gasteiger partial charge >= 0.3 is 5.97 Å². The van der Waals surface area contributed by atoms with Crippen molar-refractivity contribution in [1.29, 1.82) is 0 Å². The van der Waals surface area contributed by atoms with Crippen LogP contribution in [0.3, 0.4) is 0 Å². The van der Waals surface area contributed by atoms with E-state index in [9.17, 15) is 19.7 Å². The molecule has 8 nitrogen and oxygen atoms in total. The molecular formula is C17H14N2O6. The van der Waals surface area contributed by atoms with E-state index >= 15 is 0 Å². The first-order chi connectivity index (χ1) is 12.0. The van der Waals surface area contributed by atoms with Crippen LogP contribution in [-0.4, -0.2) is 28.1 Å². The topological polar surface area (TPSA) is 99.0 Å². The minimum atomic E-state index is -1.22. The molecule has 2 unspecified atom stereocenters. The van der Waals surface area contributed by atoms with Gasteiger partial charge in [0, 0.05) is 11.1 Å². The molecule has 0 radical (unpaired) electrons. The Morgan fingerprint density at radius 3 is 2.48 bits per heavy atom. The van der Waals surface area contributed by atoms with Gasteiger partial charge in [0.05, 0.1) is 5.56 Å². The highest BCUT2D eigenvalue weighted by atomic mass is 17.0. The lowest BCUT2D eigenvalue weighted by molar-refractivity contribution is -0.773. The van der Waals surface area contributed by atoms with E-state index in [2.05, 4.69) is 4.84 Å². The van der Waals surface area contributed by atoms with E-state index in [1.165, 1.54) is 6.92 Å². The van der Waals surface area contributed by atoms with Crippen LogP contribution in [0.1, 0.15) is 39.4 Å². The van der Waals surface area contributed by atoms with Gasteiger partial charge in [-0.1, -0.05) is 36.4 Å². The predicted molar refractivity (Wildman–Crippen MR) is 84.8 cm³/mol. The molecule has 1 aliphatic heterocycles. The summed E-state index contributed by atoms with van der Waals surface area (Å²) in [7, 11) is 0. The van der Waals surface area contributed by atoms with E-state index in [4.69, 9.17) is 4.74 Å². The van der Waals surface area contributed by atoms with E-state index in [1.54, 1.807) is 54.6 Å². The van der Waals surface area contributed by atoms with Crippen LogP contribution in [0.15, 0.2) is 54.6 Å². The third kappa shape index (κ3) is 3.14. The van der Waals surface area contributed by atoms with E-state index < -0.39 is 29.4 Å². The molecule has 2 atom stereocenters. The molecule has 0 aliphatic carbocycles. The van der Waals surface area contributed by atoms with Crippen LogP contribution < -0.4 is 0 Å². The van der Waals surface area contributed by atoms with E-state index in [0.717, 1.165) is 4.90 Å². The van der Waals surface area contributed by atoms with Crippen LogP contribution >= 0.6 is 0 Å². The largest absolute Gasteiger partial charge is 0.433 e. The molecule has 1 amide bonds. The quantitative estimate of drug-likeness (QED) is 0.470. The van der Waals surface area contributed by atoms with E-state index in [1.807, 2.05) is 0 Å². The minimum absolute atomic E-state index is 0.308. The van der Waals surface area contributed by atoms with Gasteiger partial charge < -0.3 is 4.74 Å². The zero-order chi connectivity index (χ0) is 18.0. The molecule has 8 heteroatoms. The van der Waals surface area contributed by atoms with Crippen LogP contribution in [0.4, 0.5) is 0 Å². The van der Waals surface area contributed by atoms with Gasteiger partial charge in [0.1, 0.15) is 0 Å². The average molecular weight is 342 g/mol. The van der Waals surface area contributed by atoms with Gasteiger partial charge in [-0.15, -0.1) is 10.1 Å². The number of hydrogen-bond acceptors (Lipinski definition) is 6. The second-order valence-electron chi connectivity index (χ2n) is 5.35. The standard InChI is InChI=1S/C17H14N2O6/c1-11(25-19(22)23)18-15(20)13-9-5-6-10-14(13)16(18)24-17(21)12-7-3-2-4-8-12/h2-11,16H,1H3. The van der Waals surface area contributed by atoms with E-state index in [0.29, 0.717) is 16.7 Å². The summed E-state index contributed by atoms with van der Waals surface area (Å²) in [4.78, 5) is 41.1. The molecule has 128 valence electrons. The maximum atomic E-state index is 12.6. The number of benzene rings is 2. The Bertz CT molecular complexity index is 823. The molecule has 0 fully saturated rings. The van der Waals surface area contributed by atoms with Gasteiger partial charge in [0.2, 0.25) is 6.23 Å². The normalized spacial score (nSPS) is 16.9. The van der Waals surface area contributed by atoms with Gasteiger partial charge in [0.25, 0.3) is 11.0 Å². The molecule has 0 N–H and O–H groups in total. The maximum absolute atomic E-state index is 12.6. The fraction of sp³-hybridized carbons (Fsp3) is 0.176. The van der Waals surface area contributed by atoms with Gasteiger partial charge in [-0.25, -0.2) is 4.79 Å². The highest BCUT2D eigenvalue weighted by Crippen LogP contribution is 2.36. The van der Waals surface area contributed by atoms with Crippen LogP contribution in [0.5, 0.6) is 0 Å². The van der Waals surface area contributed by atoms with Crippen LogP contribution in [0, 0.1) is 10.1 Å². The molecular weight excluding hydrogens is 328 g/mol. The Morgan fingerprint density at radius 1 is 1.16 bits per heavy atom. The summed E-state index contributed by atoms with van der Waals surface area (Å²) in [5.74, 6) is -1.15. The maximum Gasteiger partial charge on any atom is 0.340 e. The fourth-order valence-electron chi connectivity index (χ4n) is 2.70. The smallest absolute Gasteiger partial charge is 0.340 e. The number of hydrogen-bond donors (Lipinski definition) is 0. The first kappa shape index (κ1) is 16.4. The fourth-order valence-corrected chi connectivity index (χ4v) is 2.70. The number of carbonyl (C=O) groups excluding carboxylic acids is 2. The van der Waals surface area contributed by atoms with Crippen molar-refractivity contribution in [3.8, 4) is 0 Å². The monoisotopic (exact) mass is 342 g/mol. The summed E-state index contributed by atoms with van der Waals surface area (Å²) in [6, 6.07) is 14.8. The van der Waals surface area contributed by atoms with Crippen molar-refractivity contribution in [3.05, 3.63) is 81.4 Å². The first-order valence-electron chi connectivity index (χ1n) is 7.48. The summed E-state index contributed by atoms with van der Waals surface area (Å²) in [6.45, 7) is 1.34. The highest BCUT2D eigenvalue weighted by molar-refractivity contribution is 5.99. The lowest BCUT2D eigenvalue weighted by Gasteiger charge is -2.28. The van der Waals surface area contributed by atoms with Crippen LogP contribution in [0.2, 0.25) is 0 Å². The molecule has 1 heterocycles. The molecule has 0 aromatic heterocycles. The summed E-state index contributed by atoms with van der Waals surface area (Å²) in [5, 5.41) is 9.64. The third-order valence-electron chi connectivity index (χ3n) is 3.80. The predicted octanol–water partition coefficient (Wildman–Crippen LogP) is 2.55. The molecule has 25 heavy (non-hydrogen) atoms. The molecule has 1 aliphatic rings. The van der Waals surface area contributed by atoms with Crippen molar-refractivity contribution in [2.24, 2.45) is 0 Å². The van der Waals surface area contributed by atoms with Crippen molar-refractivity contribution in [2.75, 3.05) is 0 Å². The Hall–Kier alpha value is -3.42. The number of ether oxygens (including phenoxy) is 1. The van der Waals surface area contributed by atoms with Gasteiger partial charge in [-0.3, -0.25) is 14.5 Å². The summed E-state index contributed by atoms with van der Waals surface area (Å²) in [5.41, 5.74) is 1.07. The lowest BCUT2D eigenvalue weighted by atomic mass is 10.1. The lowest BCUT2D eigenvalue weighted by Crippen LogP contribution is -2.40. The van der Waals surface area contributed by atoms with Crippen molar-refractivity contribution < 1.29 is 24.3 Å². The molecule has 3 rings (SSSR count). The Kier molecular flexibility index (Phi) is 4.34. The number of rotatable bonds is 5. The van der Waals surface area contributed by atoms with Crippen molar-refractivity contribution >= 4 is 11.9 Å². The Morgan fingerprint density at radius 2 is 1.80 bits per heavy atom. The van der Waals surface area contributed by atoms with Crippen molar-refractivity contribution in [3.63, 3.8) is 0 Å². The number of esters is 1. The Balaban J connectivity index is 1.93. The molecule has 0 spiro atoms. The third-order valence-corrected chi connectivity index (χ3v) is 3.80. The second-order valence-corrected chi connectivity index (χ2v) is 5.35. The Labute approximate surface area is 142 Å². The number of nitrogens with zero attached hydrogens (tertiary/aromatic N) is 2. The van der Waals surface area contributed by atoms with E-state index in [-0.39, 0.29) is 0 Å². The minimum Gasteiger partial charge on any atom is -0.433 e. The first-order valence-corrected chi connectivity index (χ1v) is 7.48. The average Bonchev–Trinajstić information content (AvgIpc) is 2.88. The number of carbonyl (C=O) groups is 2. The highest BCUT2D eigenvalue weighted by Gasteiger charge is 2.43. The molecule has 2 aromatic rings. The van der Waals surface area contributed by atoms with Gasteiger partial charge in [-0.05, 0) is 25.1 Å². The van der Waals surface area contributed by atoms with Crippen molar-refractivity contribution in [1.82, 2.24) is 4.90 Å². The summed E-state index contributed by atoms with van der Waals surface area (Å²) < 4.78 is 5.47. The number of fused-ring (bicyclic) bond motifs is 1. The molecule has 0 saturated heterocycles. The zero-order valence-electron chi connectivity index (χ0n) is 13.2. The summed E-state index contributed by atoms with van der Waals surface area (Å²) in [6.07, 6.45) is -2.32.